The normalized spacial score (nSPS) is 10.9. The molecule has 0 atom stereocenters. The van der Waals surface area contributed by atoms with Crippen LogP contribution in [0.5, 0.6) is 11.5 Å². The number of phenolic OH excluding ortho intramolecular Hbond substituents is 1. The fourth-order valence-corrected chi connectivity index (χ4v) is 1.43. The smallest absolute Gasteiger partial charge is 0.194 e. The number of hydrogen-bond donors (Lipinski definition) is 2. The van der Waals surface area contributed by atoms with E-state index in [1.807, 2.05) is 0 Å². The summed E-state index contributed by atoms with van der Waals surface area (Å²) in [4.78, 5) is 7.86. The molecule has 0 saturated heterocycles. The van der Waals surface area contributed by atoms with Gasteiger partial charge in [-0.05, 0) is 30.3 Å². The molecule has 1 heterocycles. The van der Waals surface area contributed by atoms with Gasteiger partial charge in [-0.1, -0.05) is 11.6 Å². The molecule has 1 aromatic carbocycles. The topological polar surface area (TPSA) is 65.7 Å². The van der Waals surface area contributed by atoms with Crippen molar-refractivity contribution in [3.63, 3.8) is 0 Å². The third-order valence-corrected chi connectivity index (χ3v) is 2.32. The summed E-state index contributed by atoms with van der Waals surface area (Å²) in [6.07, 6.45) is 2.91. The Labute approximate surface area is 103 Å². The van der Waals surface area contributed by atoms with Crippen molar-refractivity contribution in [2.45, 2.75) is 0 Å². The second-order valence-electron chi connectivity index (χ2n) is 3.31. The Bertz CT molecular complexity index is 570. The van der Waals surface area contributed by atoms with E-state index in [4.69, 9.17) is 11.6 Å². The largest absolute Gasteiger partial charge is 0.507 e. The lowest BCUT2D eigenvalue weighted by Gasteiger charge is -1.99. The molecule has 0 saturated carbocycles. The third-order valence-electron chi connectivity index (χ3n) is 2.08. The van der Waals surface area contributed by atoms with Crippen LogP contribution in [0.2, 0.25) is 5.02 Å². The molecule has 0 spiro atoms. The number of rotatable bonds is 2. The number of halogens is 1. The van der Waals surface area contributed by atoms with Crippen LogP contribution in [0.3, 0.4) is 0 Å². The molecule has 0 bridgehead atoms. The molecule has 5 heteroatoms. The van der Waals surface area contributed by atoms with Crippen LogP contribution < -0.4 is 0 Å². The number of benzene rings is 1. The standard InChI is InChI=1S/C12H9ClN2O2/c13-9-3-4-10(16)8(6-9)7-15-12-11(17)2-1-5-14-12/h1-7,16-17H/b15-7+. The van der Waals surface area contributed by atoms with Crippen LogP contribution >= 0.6 is 11.6 Å². The number of aliphatic imine (C=N–C) groups is 1. The first-order valence-corrected chi connectivity index (χ1v) is 5.21. The van der Waals surface area contributed by atoms with Crippen molar-refractivity contribution < 1.29 is 10.2 Å². The van der Waals surface area contributed by atoms with Crippen LogP contribution in [-0.2, 0) is 0 Å². The zero-order chi connectivity index (χ0) is 12.3. The lowest BCUT2D eigenvalue weighted by atomic mass is 10.2. The second kappa shape index (κ2) is 4.84. The van der Waals surface area contributed by atoms with Gasteiger partial charge in [-0.2, -0.15) is 0 Å². The highest BCUT2D eigenvalue weighted by atomic mass is 35.5. The maximum absolute atomic E-state index is 9.55. The third kappa shape index (κ3) is 2.73. The Morgan fingerprint density at radius 1 is 1.18 bits per heavy atom. The van der Waals surface area contributed by atoms with Crippen LogP contribution in [0.25, 0.3) is 0 Å². The molecule has 86 valence electrons. The fraction of sp³-hybridized carbons (Fsp3) is 0. The Balaban J connectivity index is 2.32. The number of nitrogens with zero attached hydrogens (tertiary/aromatic N) is 2. The van der Waals surface area contributed by atoms with E-state index in [9.17, 15) is 10.2 Å². The summed E-state index contributed by atoms with van der Waals surface area (Å²) in [5.41, 5.74) is 0.461. The molecule has 2 N–H and O–H groups in total. The minimum atomic E-state index is -0.0229. The van der Waals surface area contributed by atoms with Gasteiger partial charge in [-0.25, -0.2) is 9.98 Å². The average Bonchev–Trinajstić information content (AvgIpc) is 2.32. The van der Waals surface area contributed by atoms with Gasteiger partial charge in [0.2, 0.25) is 0 Å². The van der Waals surface area contributed by atoms with Gasteiger partial charge >= 0.3 is 0 Å². The minimum Gasteiger partial charge on any atom is -0.507 e. The molecule has 2 rings (SSSR count). The first kappa shape index (κ1) is 11.4. The molecule has 0 aliphatic heterocycles. The van der Waals surface area contributed by atoms with Crippen LogP contribution in [0.1, 0.15) is 5.56 Å². The average molecular weight is 249 g/mol. The van der Waals surface area contributed by atoms with E-state index < -0.39 is 0 Å². The molecule has 0 aliphatic rings. The molecule has 4 nitrogen and oxygen atoms in total. The SMILES string of the molecule is Oc1ccc(Cl)cc1/C=N/c1ncccc1O. The summed E-state index contributed by atoms with van der Waals surface area (Å²) in [6, 6.07) is 7.71. The van der Waals surface area contributed by atoms with Crippen molar-refractivity contribution in [1.82, 2.24) is 4.98 Å². The van der Waals surface area contributed by atoms with Crippen molar-refractivity contribution in [3.8, 4) is 11.5 Å². The number of aromatic nitrogens is 1. The van der Waals surface area contributed by atoms with Gasteiger partial charge in [-0.15, -0.1) is 0 Å². The van der Waals surface area contributed by atoms with Gasteiger partial charge in [0.1, 0.15) is 5.75 Å². The number of aromatic hydroxyl groups is 2. The van der Waals surface area contributed by atoms with E-state index in [-0.39, 0.29) is 17.3 Å². The first-order chi connectivity index (χ1) is 8.16. The van der Waals surface area contributed by atoms with Crippen LogP contribution in [0.4, 0.5) is 5.82 Å². The van der Waals surface area contributed by atoms with Crippen molar-refractivity contribution in [1.29, 1.82) is 0 Å². The maximum atomic E-state index is 9.55. The van der Waals surface area contributed by atoms with Gasteiger partial charge in [0.05, 0.1) is 0 Å². The Morgan fingerprint density at radius 2 is 2.00 bits per heavy atom. The molecule has 0 amide bonds. The van der Waals surface area contributed by atoms with Gasteiger partial charge < -0.3 is 10.2 Å². The number of phenols is 1. The fourth-order valence-electron chi connectivity index (χ4n) is 1.25. The summed E-state index contributed by atoms with van der Waals surface area (Å²) < 4.78 is 0. The molecule has 17 heavy (non-hydrogen) atoms. The molecule has 0 unspecified atom stereocenters. The molecule has 0 fully saturated rings. The van der Waals surface area contributed by atoms with Crippen molar-refractivity contribution in [2.24, 2.45) is 4.99 Å². The van der Waals surface area contributed by atoms with Crippen LogP contribution in [0.15, 0.2) is 41.5 Å². The molecule has 1 aromatic heterocycles. The van der Waals surface area contributed by atoms with Crippen LogP contribution in [-0.4, -0.2) is 21.4 Å². The minimum absolute atomic E-state index is 0.0229. The predicted molar refractivity (Wildman–Crippen MR) is 66.3 cm³/mol. The van der Waals surface area contributed by atoms with E-state index in [1.54, 1.807) is 18.2 Å². The predicted octanol–water partition coefficient (Wildman–Crippen LogP) is 2.90. The highest BCUT2D eigenvalue weighted by molar-refractivity contribution is 6.30. The molecular formula is C12H9ClN2O2. The van der Waals surface area contributed by atoms with Gasteiger partial charge in [0.15, 0.2) is 11.6 Å². The van der Waals surface area contributed by atoms with E-state index in [0.29, 0.717) is 10.6 Å². The molecule has 2 aromatic rings. The van der Waals surface area contributed by atoms with E-state index >= 15 is 0 Å². The van der Waals surface area contributed by atoms with Crippen LogP contribution in [0, 0.1) is 0 Å². The number of hydrogen-bond acceptors (Lipinski definition) is 4. The summed E-state index contributed by atoms with van der Waals surface area (Å²) in [7, 11) is 0. The zero-order valence-electron chi connectivity index (χ0n) is 8.71. The summed E-state index contributed by atoms with van der Waals surface area (Å²) in [6.45, 7) is 0. The Hall–Kier alpha value is -2.07. The first-order valence-electron chi connectivity index (χ1n) is 4.83. The van der Waals surface area contributed by atoms with Gasteiger partial charge in [-0.3, -0.25) is 0 Å². The van der Waals surface area contributed by atoms with Crippen molar-refractivity contribution >= 4 is 23.6 Å². The lowest BCUT2D eigenvalue weighted by Crippen LogP contribution is -1.83. The summed E-state index contributed by atoms with van der Waals surface area (Å²) in [5, 5.41) is 19.5. The van der Waals surface area contributed by atoms with E-state index in [0.717, 1.165) is 0 Å². The highest BCUT2D eigenvalue weighted by Gasteiger charge is 2.01. The zero-order valence-corrected chi connectivity index (χ0v) is 9.46. The van der Waals surface area contributed by atoms with Crippen molar-refractivity contribution in [2.75, 3.05) is 0 Å². The quantitative estimate of drug-likeness (QED) is 0.803. The highest BCUT2D eigenvalue weighted by Crippen LogP contribution is 2.24. The lowest BCUT2D eigenvalue weighted by molar-refractivity contribution is 0.473. The molecule has 0 aliphatic carbocycles. The van der Waals surface area contributed by atoms with Gasteiger partial charge in [0, 0.05) is 23.0 Å². The molecular weight excluding hydrogens is 240 g/mol. The monoisotopic (exact) mass is 248 g/mol. The van der Waals surface area contributed by atoms with E-state index in [2.05, 4.69) is 9.98 Å². The summed E-state index contributed by atoms with van der Waals surface area (Å²) >= 11 is 5.79. The molecule has 0 radical (unpaired) electrons. The van der Waals surface area contributed by atoms with Crippen molar-refractivity contribution in [3.05, 3.63) is 47.1 Å². The second-order valence-corrected chi connectivity index (χ2v) is 3.74. The van der Waals surface area contributed by atoms with E-state index in [1.165, 1.54) is 24.5 Å². The summed E-state index contributed by atoms with van der Waals surface area (Å²) in [5.74, 6) is 0.228. The maximum Gasteiger partial charge on any atom is 0.194 e. The Kier molecular flexibility index (Phi) is 3.25. The Morgan fingerprint density at radius 3 is 2.76 bits per heavy atom. The van der Waals surface area contributed by atoms with Gasteiger partial charge in [0.25, 0.3) is 0 Å². The number of pyridine rings is 1.